The first kappa shape index (κ1) is 14.7. The van der Waals surface area contributed by atoms with Gasteiger partial charge in [0.05, 0.1) is 5.69 Å². The Morgan fingerprint density at radius 1 is 1.17 bits per heavy atom. The average Bonchev–Trinajstić information content (AvgIpc) is 2.29. The topological polar surface area (TPSA) is 12.4 Å². The van der Waals surface area contributed by atoms with Crippen LogP contribution in [0.25, 0.3) is 0 Å². The molecule has 0 aliphatic rings. The van der Waals surface area contributed by atoms with Gasteiger partial charge in [-0.25, -0.2) is 0 Å². The van der Waals surface area contributed by atoms with Crippen molar-refractivity contribution < 1.29 is 0 Å². The predicted molar refractivity (Wildman–Crippen MR) is 81.7 cm³/mol. The summed E-state index contributed by atoms with van der Waals surface area (Å²) in [7, 11) is 0. The van der Waals surface area contributed by atoms with Crippen LogP contribution in [0.2, 0.25) is 0 Å². The van der Waals surface area contributed by atoms with Crippen molar-refractivity contribution in [2.45, 2.75) is 47.0 Å². The summed E-state index contributed by atoms with van der Waals surface area (Å²) in [6.45, 7) is 8.93. The zero-order valence-corrected chi connectivity index (χ0v) is 12.1. The Balaban J connectivity index is 2.41. The number of allylic oxidation sites excluding steroid dienone is 2. The van der Waals surface area contributed by atoms with E-state index in [0.717, 1.165) is 18.5 Å². The molecular formula is C17H25N. The fourth-order valence-electron chi connectivity index (χ4n) is 1.77. The molecule has 1 aromatic rings. The molecule has 0 amide bonds. The smallest absolute Gasteiger partial charge is 0.0625 e. The van der Waals surface area contributed by atoms with Crippen LogP contribution in [0.3, 0.4) is 0 Å². The van der Waals surface area contributed by atoms with Crippen LogP contribution < -0.4 is 0 Å². The average molecular weight is 243 g/mol. The second kappa shape index (κ2) is 7.15. The second-order valence-electron chi connectivity index (χ2n) is 5.84. The molecule has 1 aromatic carbocycles. The lowest BCUT2D eigenvalue weighted by atomic mass is 9.84. The maximum absolute atomic E-state index is 4.49. The van der Waals surface area contributed by atoms with Gasteiger partial charge in [-0.05, 0) is 50.7 Å². The third-order valence-corrected chi connectivity index (χ3v) is 3.01. The molecule has 0 bridgehead atoms. The third-order valence-electron chi connectivity index (χ3n) is 3.01. The molecule has 0 N–H and O–H groups in total. The van der Waals surface area contributed by atoms with Crippen LogP contribution in [-0.2, 0) is 0 Å². The van der Waals surface area contributed by atoms with Gasteiger partial charge < -0.3 is 0 Å². The summed E-state index contributed by atoms with van der Waals surface area (Å²) in [6, 6.07) is 10.1. The fourth-order valence-corrected chi connectivity index (χ4v) is 1.77. The molecule has 0 radical (unpaired) electrons. The molecule has 0 aromatic heterocycles. The van der Waals surface area contributed by atoms with Gasteiger partial charge in [-0.2, -0.15) is 0 Å². The molecule has 0 atom stereocenters. The molecule has 0 saturated carbocycles. The lowest BCUT2D eigenvalue weighted by Crippen LogP contribution is -2.11. The molecule has 0 heterocycles. The number of benzene rings is 1. The van der Waals surface area contributed by atoms with Crippen molar-refractivity contribution in [3.63, 3.8) is 0 Å². The molecule has 0 unspecified atom stereocenters. The molecule has 0 aliphatic heterocycles. The van der Waals surface area contributed by atoms with Crippen LogP contribution in [0, 0.1) is 5.41 Å². The van der Waals surface area contributed by atoms with Crippen LogP contribution in [0.1, 0.15) is 47.0 Å². The minimum Gasteiger partial charge on any atom is -0.261 e. The monoisotopic (exact) mass is 243 g/mol. The summed E-state index contributed by atoms with van der Waals surface area (Å²) in [5, 5.41) is 0. The van der Waals surface area contributed by atoms with E-state index in [1.165, 1.54) is 12.0 Å². The van der Waals surface area contributed by atoms with Gasteiger partial charge in [0.2, 0.25) is 0 Å². The lowest BCUT2D eigenvalue weighted by molar-refractivity contribution is 0.356. The number of aliphatic imine (C=N–C) groups is 1. The number of para-hydroxylation sites is 1. The van der Waals surface area contributed by atoms with Crippen LogP contribution in [-0.4, -0.2) is 6.21 Å². The highest BCUT2D eigenvalue weighted by atomic mass is 14.7. The summed E-state index contributed by atoms with van der Waals surface area (Å²) in [5.41, 5.74) is 2.77. The Kier molecular flexibility index (Phi) is 5.84. The lowest BCUT2D eigenvalue weighted by Gasteiger charge is -2.21. The molecular weight excluding hydrogens is 218 g/mol. The van der Waals surface area contributed by atoms with Crippen LogP contribution >= 0.6 is 0 Å². The first-order chi connectivity index (χ1) is 8.49. The summed E-state index contributed by atoms with van der Waals surface area (Å²) in [5.74, 6) is 0. The summed E-state index contributed by atoms with van der Waals surface area (Å²) < 4.78 is 0. The van der Waals surface area contributed by atoms with E-state index in [1.807, 2.05) is 30.3 Å². The number of rotatable bonds is 6. The molecule has 1 rings (SSSR count). The summed E-state index contributed by atoms with van der Waals surface area (Å²) in [6.07, 6.45) is 7.76. The van der Waals surface area contributed by atoms with Crippen LogP contribution in [0.4, 0.5) is 5.69 Å². The molecule has 1 heteroatoms. The second-order valence-corrected chi connectivity index (χ2v) is 5.84. The normalized spacial score (nSPS) is 11.8. The molecule has 0 fully saturated rings. The van der Waals surface area contributed by atoms with E-state index in [2.05, 4.69) is 45.0 Å². The van der Waals surface area contributed by atoms with E-state index < -0.39 is 0 Å². The van der Waals surface area contributed by atoms with Crippen molar-refractivity contribution in [1.29, 1.82) is 0 Å². The van der Waals surface area contributed by atoms with Crippen molar-refractivity contribution in [1.82, 2.24) is 0 Å². The highest BCUT2D eigenvalue weighted by molar-refractivity contribution is 5.63. The zero-order chi connectivity index (χ0) is 13.4. The number of nitrogens with zero attached hydrogens (tertiary/aromatic N) is 1. The van der Waals surface area contributed by atoms with Gasteiger partial charge in [-0.15, -0.1) is 0 Å². The number of hydrogen-bond donors (Lipinski definition) is 0. The quantitative estimate of drug-likeness (QED) is 0.458. The maximum Gasteiger partial charge on any atom is 0.0625 e. The minimum atomic E-state index is 0.324. The van der Waals surface area contributed by atoms with E-state index in [-0.39, 0.29) is 0 Å². The van der Waals surface area contributed by atoms with Crippen molar-refractivity contribution in [2.24, 2.45) is 10.4 Å². The van der Waals surface area contributed by atoms with Gasteiger partial charge in [0.1, 0.15) is 0 Å². The van der Waals surface area contributed by atoms with E-state index in [0.29, 0.717) is 5.41 Å². The van der Waals surface area contributed by atoms with E-state index in [1.54, 1.807) is 0 Å². The Morgan fingerprint density at radius 3 is 2.44 bits per heavy atom. The molecule has 1 nitrogen and oxygen atoms in total. The van der Waals surface area contributed by atoms with Crippen molar-refractivity contribution in [3.8, 4) is 0 Å². The highest BCUT2D eigenvalue weighted by Gasteiger charge is 2.15. The standard InChI is InChI=1S/C17H25N/c1-15(2)9-8-12-17(3,4)13-14-18-16-10-6-5-7-11-16/h5-7,9-11,14H,8,12-13H2,1-4H3. The minimum absolute atomic E-state index is 0.324. The Morgan fingerprint density at radius 2 is 1.83 bits per heavy atom. The van der Waals surface area contributed by atoms with Gasteiger partial charge in [0, 0.05) is 6.21 Å². The SMILES string of the molecule is CC(C)=CCCC(C)(C)CC=Nc1ccccc1. The number of hydrogen-bond acceptors (Lipinski definition) is 1. The third kappa shape index (κ3) is 6.39. The van der Waals surface area contributed by atoms with Gasteiger partial charge in [0.15, 0.2) is 0 Å². The van der Waals surface area contributed by atoms with Gasteiger partial charge in [-0.1, -0.05) is 43.7 Å². The van der Waals surface area contributed by atoms with Crippen LogP contribution in [0.5, 0.6) is 0 Å². The van der Waals surface area contributed by atoms with E-state index >= 15 is 0 Å². The van der Waals surface area contributed by atoms with Crippen molar-refractivity contribution >= 4 is 11.9 Å². The first-order valence-electron chi connectivity index (χ1n) is 6.70. The Labute approximate surface area is 112 Å². The molecule has 98 valence electrons. The summed E-state index contributed by atoms with van der Waals surface area (Å²) in [4.78, 5) is 4.49. The van der Waals surface area contributed by atoms with Gasteiger partial charge in [-0.3, -0.25) is 4.99 Å². The van der Waals surface area contributed by atoms with Crippen molar-refractivity contribution in [2.75, 3.05) is 0 Å². The molecule has 0 spiro atoms. The molecule has 0 aliphatic carbocycles. The fraction of sp³-hybridized carbons (Fsp3) is 0.471. The van der Waals surface area contributed by atoms with Crippen molar-refractivity contribution in [3.05, 3.63) is 42.0 Å². The predicted octanol–water partition coefficient (Wildman–Crippen LogP) is 5.55. The molecule has 0 saturated heterocycles. The Bertz CT molecular complexity index is 395. The summed E-state index contributed by atoms with van der Waals surface area (Å²) >= 11 is 0. The van der Waals surface area contributed by atoms with Crippen LogP contribution in [0.15, 0.2) is 47.0 Å². The van der Waals surface area contributed by atoms with Gasteiger partial charge in [0.25, 0.3) is 0 Å². The zero-order valence-electron chi connectivity index (χ0n) is 12.1. The largest absolute Gasteiger partial charge is 0.261 e. The first-order valence-corrected chi connectivity index (χ1v) is 6.70. The maximum atomic E-state index is 4.49. The van der Waals surface area contributed by atoms with E-state index in [4.69, 9.17) is 0 Å². The van der Waals surface area contributed by atoms with E-state index in [9.17, 15) is 0 Å². The van der Waals surface area contributed by atoms with Gasteiger partial charge >= 0.3 is 0 Å². The highest BCUT2D eigenvalue weighted by Crippen LogP contribution is 2.26. The molecule has 18 heavy (non-hydrogen) atoms. The Hall–Kier alpha value is -1.37.